The Morgan fingerprint density at radius 1 is 0.831 bits per heavy atom. The van der Waals surface area contributed by atoms with Crippen molar-refractivity contribution in [3.05, 3.63) is 119 Å². The fraction of sp³-hybridized carbons (Fsp3) is 0.449. The number of anilines is 1. The Kier molecular flexibility index (Phi) is 16.3. The molecule has 0 aliphatic heterocycles. The van der Waals surface area contributed by atoms with Gasteiger partial charge in [-0.3, -0.25) is 23.4 Å². The van der Waals surface area contributed by atoms with Crippen molar-refractivity contribution in [2.24, 2.45) is 23.0 Å². The Morgan fingerprint density at radius 2 is 1.54 bits per heavy atom. The molecule has 0 bridgehead atoms. The first-order chi connectivity index (χ1) is 31.5. The van der Waals surface area contributed by atoms with E-state index in [1.54, 1.807) is 0 Å². The van der Waals surface area contributed by atoms with Gasteiger partial charge in [-0.25, -0.2) is 4.57 Å². The summed E-state index contributed by atoms with van der Waals surface area (Å²) in [6.07, 6.45) is 6.48. The summed E-state index contributed by atoms with van der Waals surface area (Å²) in [6.45, 7) is 3.52. The molecule has 15 nitrogen and oxygen atoms in total. The van der Waals surface area contributed by atoms with Crippen molar-refractivity contribution in [3.8, 4) is 17.2 Å². The van der Waals surface area contributed by atoms with Crippen LogP contribution < -0.4 is 25.6 Å². The Balaban J connectivity index is 0.808. The number of aryl methyl sites for hydroxylation is 1. The lowest BCUT2D eigenvalue weighted by molar-refractivity contribution is -0.124. The van der Waals surface area contributed by atoms with Crippen molar-refractivity contribution >= 4 is 31.2 Å². The number of nitrogens with one attached hydrogen (secondary N) is 2. The number of phenols is 1. The number of hydrogen-bond donors (Lipinski definition) is 4. The van der Waals surface area contributed by atoms with Crippen molar-refractivity contribution in [2.45, 2.75) is 77.1 Å². The summed E-state index contributed by atoms with van der Waals surface area (Å²) in [4.78, 5) is 36.6. The van der Waals surface area contributed by atoms with Gasteiger partial charge in [0.25, 0.3) is 5.91 Å². The van der Waals surface area contributed by atoms with E-state index >= 15 is 0 Å². The largest absolute Gasteiger partial charge is 0.530 e. The highest BCUT2D eigenvalue weighted by atomic mass is 31.2. The van der Waals surface area contributed by atoms with E-state index in [1.165, 1.54) is 30.4 Å². The zero-order chi connectivity index (χ0) is 45.8. The van der Waals surface area contributed by atoms with Crippen molar-refractivity contribution in [1.82, 2.24) is 5.32 Å². The maximum atomic E-state index is 14.1. The molecule has 348 valence electrons. The first-order valence-corrected chi connectivity index (χ1v) is 23.7. The van der Waals surface area contributed by atoms with Crippen LogP contribution in [0.4, 0.5) is 5.69 Å². The number of carbonyl (C=O) groups is 3. The predicted molar refractivity (Wildman–Crippen MR) is 243 cm³/mol. The number of fused-ring (bicyclic) bond motifs is 5. The fourth-order valence-corrected chi connectivity index (χ4v) is 11.0. The number of aromatic hydroxyl groups is 1. The third kappa shape index (κ3) is 12.1. The standard InChI is InChI=1S/C49H60N3O12P/c1-49-23-21-38-37-16-14-36(64-65(57,62-30-33-9-5-3-6-10-33)63-31-34-11-7-4-8-12-34)29-35(37)13-15-39(38)40(49)17-20-43(49)61-25-22-44(53)51-24-26-59-27-28-60-32-45(54)52-41-18-19-42(58-2)46(47(41)55)48(50)56/h3-12,14,16,18-19,29,38-40,43,55H,13,15,17,20-28,30-32H2,1-2H3,(H2,50,56)(H,51,53)(H,52,54)/t38?,39?,40?,43-,49?/m1/s1. The Labute approximate surface area is 380 Å². The van der Waals surface area contributed by atoms with Crippen molar-refractivity contribution < 1.29 is 56.6 Å². The van der Waals surface area contributed by atoms with Crippen LogP contribution in [0.3, 0.4) is 0 Å². The molecule has 4 aromatic carbocycles. The molecule has 0 spiro atoms. The second-order valence-electron chi connectivity index (χ2n) is 17.0. The monoisotopic (exact) mass is 913 g/mol. The van der Waals surface area contributed by atoms with E-state index in [0.717, 1.165) is 49.7 Å². The van der Waals surface area contributed by atoms with Crippen LogP contribution >= 0.6 is 7.82 Å². The molecule has 3 amide bonds. The number of nitrogens with two attached hydrogens (primary N) is 1. The van der Waals surface area contributed by atoms with E-state index in [4.69, 9.17) is 38.3 Å². The quantitative estimate of drug-likeness (QED) is 0.0320. The molecule has 4 unspecified atom stereocenters. The lowest BCUT2D eigenvalue weighted by Gasteiger charge is -2.50. The summed E-state index contributed by atoms with van der Waals surface area (Å²) >= 11 is 0. The Bertz CT molecular complexity index is 2250. The predicted octanol–water partition coefficient (Wildman–Crippen LogP) is 7.84. The average Bonchev–Trinajstić information content (AvgIpc) is 3.65. The average molecular weight is 914 g/mol. The first kappa shape index (κ1) is 47.7. The summed E-state index contributed by atoms with van der Waals surface area (Å²) in [7, 11) is -2.66. The molecule has 0 heterocycles. The second-order valence-corrected chi connectivity index (χ2v) is 18.6. The number of rotatable bonds is 23. The molecule has 3 aliphatic carbocycles. The van der Waals surface area contributed by atoms with Crippen LogP contribution in [0.2, 0.25) is 0 Å². The minimum atomic E-state index is -3.99. The van der Waals surface area contributed by atoms with Gasteiger partial charge in [0, 0.05) is 13.0 Å². The maximum Gasteiger partial charge on any atom is 0.530 e. The van der Waals surface area contributed by atoms with Crippen molar-refractivity contribution in [3.63, 3.8) is 0 Å². The number of ether oxygens (including phenoxy) is 4. The Hall–Kier alpha value is -5.28. The van der Waals surface area contributed by atoms with Crippen LogP contribution in [-0.2, 0) is 57.0 Å². The molecule has 3 aliphatic rings. The zero-order valence-corrected chi connectivity index (χ0v) is 37.9. The summed E-state index contributed by atoms with van der Waals surface area (Å²) in [5.41, 5.74) is 9.42. The van der Waals surface area contributed by atoms with E-state index in [1.807, 2.05) is 72.8 Å². The highest BCUT2D eigenvalue weighted by Gasteiger charge is 2.55. The number of amides is 3. The van der Waals surface area contributed by atoms with Gasteiger partial charge in [0.2, 0.25) is 11.8 Å². The van der Waals surface area contributed by atoms with Gasteiger partial charge in [-0.2, -0.15) is 0 Å². The third-order valence-corrected chi connectivity index (χ3v) is 14.3. The van der Waals surface area contributed by atoms with Crippen LogP contribution in [0.25, 0.3) is 0 Å². The molecule has 7 rings (SSSR count). The number of phosphoric ester groups is 1. The molecule has 65 heavy (non-hydrogen) atoms. The molecular weight excluding hydrogens is 854 g/mol. The van der Waals surface area contributed by atoms with E-state index in [9.17, 15) is 24.1 Å². The molecule has 5 atom stereocenters. The third-order valence-electron chi connectivity index (χ3n) is 13.0. The van der Waals surface area contributed by atoms with Gasteiger partial charge in [-0.1, -0.05) is 73.7 Å². The number of primary amides is 1. The minimum Gasteiger partial charge on any atom is -0.505 e. The van der Waals surface area contributed by atoms with Crippen molar-refractivity contribution in [2.75, 3.05) is 52.0 Å². The molecular formula is C49H60N3O12P. The number of benzene rings is 4. The summed E-state index contributed by atoms with van der Waals surface area (Å²) in [5.74, 6) is -0.00407. The highest BCUT2D eigenvalue weighted by Crippen LogP contribution is 2.62. The van der Waals surface area contributed by atoms with Crippen molar-refractivity contribution in [1.29, 1.82) is 0 Å². The van der Waals surface area contributed by atoms with Crippen LogP contribution in [0.1, 0.15) is 84.0 Å². The van der Waals surface area contributed by atoms with Crippen LogP contribution in [0, 0.1) is 17.3 Å². The fourth-order valence-electron chi connectivity index (χ4n) is 9.81. The second kappa shape index (κ2) is 22.3. The van der Waals surface area contributed by atoms with Crippen LogP contribution in [0.5, 0.6) is 17.2 Å². The van der Waals surface area contributed by atoms with Crippen LogP contribution in [0.15, 0.2) is 91.0 Å². The van der Waals surface area contributed by atoms with Gasteiger partial charge in [0.15, 0.2) is 5.75 Å². The normalized spacial score (nSPS) is 21.1. The molecule has 5 N–H and O–H groups in total. The zero-order valence-electron chi connectivity index (χ0n) is 37.0. The van der Waals surface area contributed by atoms with E-state index in [2.05, 4.69) is 23.6 Å². The van der Waals surface area contributed by atoms with E-state index in [0.29, 0.717) is 36.7 Å². The summed E-state index contributed by atoms with van der Waals surface area (Å²) in [6, 6.07) is 28.0. The lowest BCUT2D eigenvalue weighted by Crippen LogP contribution is -2.45. The Morgan fingerprint density at radius 3 is 2.23 bits per heavy atom. The maximum absolute atomic E-state index is 14.1. The molecule has 4 aromatic rings. The van der Waals surface area contributed by atoms with Crippen LogP contribution in [-0.4, -0.2) is 75.6 Å². The minimum absolute atomic E-state index is 0.00236. The topological polar surface area (TPSA) is 203 Å². The number of hydrogen-bond acceptors (Lipinski definition) is 12. The molecule has 2 saturated carbocycles. The lowest BCUT2D eigenvalue weighted by atomic mass is 9.55. The molecule has 0 saturated heterocycles. The van der Waals surface area contributed by atoms with Gasteiger partial charge >= 0.3 is 7.82 Å². The highest BCUT2D eigenvalue weighted by molar-refractivity contribution is 7.48. The van der Waals surface area contributed by atoms with Gasteiger partial charge < -0.3 is 44.9 Å². The molecule has 0 radical (unpaired) electrons. The number of methoxy groups -OCH3 is 1. The smallest absolute Gasteiger partial charge is 0.505 e. The van der Waals surface area contributed by atoms with Gasteiger partial charge in [-0.05, 0) is 108 Å². The summed E-state index contributed by atoms with van der Waals surface area (Å²) < 4.78 is 54.4. The van der Waals surface area contributed by atoms with E-state index in [-0.39, 0.29) is 80.5 Å². The molecule has 2 fully saturated rings. The molecule has 16 heteroatoms. The van der Waals surface area contributed by atoms with Gasteiger partial charge in [0.1, 0.15) is 23.7 Å². The number of phosphoric acid groups is 1. The molecule has 0 aromatic heterocycles. The van der Waals surface area contributed by atoms with Gasteiger partial charge in [0.05, 0.1) is 58.5 Å². The van der Waals surface area contributed by atoms with E-state index < -0.39 is 25.4 Å². The van der Waals surface area contributed by atoms with Gasteiger partial charge in [-0.15, -0.1) is 0 Å². The first-order valence-electron chi connectivity index (χ1n) is 22.3. The summed E-state index contributed by atoms with van der Waals surface area (Å²) in [5, 5.41) is 15.7. The SMILES string of the molecule is COc1ccc(NC(=O)COCCOCCNC(=O)CCO[C@@H]2CCC3C4CCc5cc(OP(=O)(OCc6ccccc6)OCc6ccccc6)ccc5C4CCC32C)c(O)c1C(N)=O. The number of carbonyl (C=O) groups excluding carboxylic acids is 3.